The fourth-order valence-corrected chi connectivity index (χ4v) is 3.62. The van der Waals surface area contributed by atoms with Crippen molar-refractivity contribution in [2.24, 2.45) is 11.8 Å². The van der Waals surface area contributed by atoms with E-state index in [-0.39, 0.29) is 11.9 Å². The highest BCUT2D eigenvalue weighted by Crippen LogP contribution is 2.45. The van der Waals surface area contributed by atoms with Crippen molar-refractivity contribution in [2.45, 2.75) is 39.0 Å². The summed E-state index contributed by atoms with van der Waals surface area (Å²) in [7, 11) is 0. The van der Waals surface area contributed by atoms with E-state index in [2.05, 4.69) is 21.2 Å². The van der Waals surface area contributed by atoms with Crippen LogP contribution in [0.3, 0.4) is 0 Å². The molecule has 1 aromatic rings. The van der Waals surface area contributed by atoms with Gasteiger partial charge in [-0.2, -0.15) is 0 Å². The summed E-state index contributed by atoms with van der Waals surface area (Å²) in [5, 5.41) is 3.51. The SMILES string of the molecule is CC(C)(C)OC(=O)N1CC2C(C1)C2NCc1ccc(F)c(Br)c1. The van der Waals surface area contributed by atoms with E-state index in [1.54, 1.807) is 17.0 Å². The molecule has 3 rings (SSSR count). The van der Waals surface area contributed by atoms with Crippen molar-refractivity contribution in [2.75, 3.05) is 13.1 Å². The van der Waals surface area contributed by atoms with Gasteiger partial charge < -0.3 is 15.0 Å². The molecule has 1 saturated carbocycles. The Morgan fingerprint density at radius 3 is 2.61 bits per heavy atom. The Labute approximate surface area is 144 Å². The molecule has 1 aliphatic heterocycles. The number of carbonyl (C=O) groups is 1. The molecule has 2 unspecified atom stereocenters. The maximum absolute atomic E-state index is 13.2. The minimum atomic E-state index is -0.447. The van der Waals surface area contributed by atoms with Gasteiger partial charge in [0.05, 0.1) is 4.47 Å². The van der Waals surface area contributed by atoms with Crippen LogP contribution in [0.15, 0.2) is 22.7 Å². The van der Waals surface area contributed by atoms with Gasteiger partial charge in [-0.05, 0) is 66.2 Å². The first-order valence-corrected chi connectivity index (χ1v) is 8.69. The van der Waals surface area contributed by atoms with Gasteiger partial charge in [-0.15, -0.1) is 0 Å². The van der Waals surface area contributed by atoms with E-state index < -0.39 is 5.60 Å². The second-order valence-electron chi connectivity index (χ2n) is 7.37. The number of likely N-dealkylation sites (tertiary alicyclic amines) is 1. The number of benzene rings is 1. The molecule has 0 bridgehead atoms. The van der Waals surface area contributed by atoms with Crippen LogP contribution >= 0.6 is 15.9 Å². The summed E-state index contributed by atoms with van der Waals surface area (Å²) in [5.41, 5.74) is 0.601. The minimum absolute atomic E-state index is 0.217. The first-order chi connectivity index (χ1) is 10.7. The van der Waals surface area contributed by atoms with Crippen molar-refractivity contribution in [3.05, 3.63) is 34.1 Å². The van der Waals surface area contributed by atoms with Crippen molar-refractivity contribution in [3.8, 4) is 0 Å². The Morgan fingerprint density at radius 2 is 2.04 bits per heavy atom. The molecule has 1 aromatic carbocycles. The second kappa shape index (κ2) is 6.06. The van der Waals surface area contributed by atoms with Crippen LogP contribution in [-0.2, 0) is 11.3 Å². The van der Waals surface area contributed by atoms with Crippen molar-refractivity contribution < 1.29 is 13.9 Å². The van der Waals surface area contributed by atoms with Gasteiger partial charge >= 0.3 is 6.09 Å². The summed E-state index contributed by atoms with van der Waals surface area (Å²) in [5.74, 6) is 0.767. The molecule has 2 atom stereocenters. The maximum Gasteiger partial charge on any atom is 0.410 e. The molecule has 4 nitrogen and oxygen atoms in total. The first kappa shape index (κ1) is 16.7. The van der Waals surface area contributed by atoms with E-state index in [4.69, 9.17) is 4.74 Å². The molecule has 0 spiro atoms. The van der Waals surface area contributed by atoms with Crippen molar-refractivity contribution >= 4 is 22.0 Å². The number of carbonyl (C=O) groups excluding carboxylic acids is 1. The number of piperidine rings is 1. The number of nitrogens with zero attached hydrogens (tertiary/aromatic N) is 1. The number of halogens is 2. The molecular formula is C17H22BrFN2O2. The summed E-state index contributed by atoms with van der Waals surface area (Å²) < 4.78 is 19.1. The third-order valence-electron chi connectivity index (χ3n) is 4.37. The van der Waals surface area contributed by atoms with Gasteiger partial charge in [0.2, 0.25) is 0 Å². The predicted octanol–water partition coefficient (Wildman–Crippen LogP) is 3.54. The zero-order chi connectivity index (χ0) is 16.8. The van der Waals surface area contributed by atoms with Gasteiger partial charge in [-0.3, -0.25) is 0 Å². The van der Waals surface area contributed by atoms with Gasteiger partial charge in [-0.1, -0.05) is 6.07 Å². The molecular weight excluding hydrogens is 363 g/mol. The van der Waals surface area contributed by atoms with Crippen LogP contribution in [-0.4, -0.2) is 35.7 Å². The van der Waals surface area contributed by atoms with Crippen molar-refractivity contribution in [1.82, 2.24) is 10.2 Å². The van der Waals surface area contributed by atoms with Crippen LogP contribution in [0.2, 0.25) is 0 Å². The average molecular weight is 385 g/mol. The highest BCUT2D eigenvalue weighted by molar-refractivity contribution is 9.10. The second-order valence-corrected chi connectivity index (χ2v) is 8.22. The maximum atomic E-state index is 13.2. The highest BCUT2D eigenvalue weighted by Gasteiger charge is 2.56. The molecule has 1 saturated heterocycles. The summed E-state index contributed by atoms with van der Waals surface area (Å²) in [6.45, 7) is 7.87. The summed E-state index contributed by atoms with van der Waals surface area (Å²) in [4.78, 5) is 13.8. The van der Waals surface area contributed by atoms with Gasteiger partial charge in [-0.25, -0.2) is 9.18 Å². The highest BCUT2D eigenvalue weighted by atomic mass is 79.9. The van der Waals surface area contributed by atoms with E-state index in [0.717, 1.165) is 18.7 Å². The van der Waals surface area contributed by atoms with E-state index in [9.17, 15) is 9.18 Å². The molecule has 0 aromatic heterocycles. The van der Waals surface area contributed by atoms with E-state index in [0.29, 0.717) is 28.9 Å². The number of amides is 1. The Hall–Kier alpha value is -1.14. The lowest BCUT2D eigenvalue weighted by Crippen LogP contribution is -2.39. The van der Waals surface area contributed by atoms with Crippen LogP contribution < -0.4 is 5.32 Å². The molecule has 2 aliphatic rings. The Kier molecular flexibility index (Phi) is 4.40. The standard InChI is InChI=1S/C17H22BrFN2O2/c1-17(2,3)23-16(22)21-8-11-12(9-21)15(11)20-7-10-4-5-14(19)13(18)6-10/h4-6,11-12,15,20H,7-9H2,1-3H3. The topological polar surface area (TPSA) is 41.6 Å². The zero-order valence-corrected chi connectivity index (χ0v) is 15.2. The van der Waals surface area contributed by atoms with Crippen LogP contribution in [0.25, 0.3) is 0 Å². The van der Waals surface area contributed by atoms with Crippen LogP contribution in [0.4, 0.5) is 9.18 Å². The number of rotatable bonds is 3. The van der Waals surface area contributed by atoms with Crippen LogP contribution in [0.5, 0.6) is 0 Å². The molecule has 1 heterocycles. The smallest absolute Gasteiger partial charge is 0.410 e. The average Bonchev–Trinajstić information content (AvgIpc) is 2.89. The number of ether oxygens (including phenoxy) is 1. The third kappa shape index (κ3) is 3.86. The first-order valence-electron chi connectivity index (χ1n) is 7.90. The fourth-order valence-electron chi connectivity index (χ4n) is 3.19. The molecule has 1 aliphatic carbocycles. The van der Waals surface area contributed by atoms with Crippen molar-refractivity contribution in [1.29, 1.82) is 0 Å². The lowest BCUT2D eigenvalue weighted by atomic mass is 10.2. The number of nitrogens with one attached hydrogen (secondary N) is 1. The molecule has 23 heavy (non-hydrogen) atoms. The van der Waals surface area contributed by atoms with Gasteiger partial charge in [0, 0.05) is 25.7 Å². The normalized spacial score (nSPS) is 26.1. The van der Waals surface area contributed by atoms with Crippen molar-refractivity contribution in [3.63, 3.8) is 0 Å². The summed E-state index contributed by atoms with van der Waals surface area (Å²) >= 11 is 3.20. The summed E-state index contributed by atoms with van der Waals surface area (Å²) in [6.07, 6.45) is -0.217. The number of hydrogen-bond acceptors (Lipinski definition) is 3. The van der Waals surface area contributed by atoms with E-state index in [1.165, 1.54) is 6.07 Å². The molecule has 1 amide bonds. The summed E-state index contributed by atoms with van der Waals surface area (Å²) in [6, 6.07) is 5.50. The predicted molar refractivity (Wildman–Crippen MR) is 89.5 cm³/mol. The van der Waals surface area contributed by atoms with Gasteiger partial charge in [0.25, 0.3) is 0 Å². The Bertz CT molecular complexity index is 605. The van der Waals surface area contributed by atoms with Crippen LogP contribution in [0.1, 0.15) is 26.3 Å². The van der Waals surface area contributed by atoms with Gasteiger partial charge in [0.15, 0.2) is 0 Å². The minimum Gasteiger partial charge on any atom is -0.444 e. The molecule has 6 heteroatoms. The van der Waals surface area contributed by atoms with Gasteiger partial charge in [0.1, 0.15) is 11.4 Å². The number of fused-ring (bicyclic) bond motifs is 1. The number of hydrogen-bond donors (Lipinski definition) is 1. The molecule has 2 fully saturated rings. The third-order valence-corrected chi connectivity index (χ3v) is 4.98. The Morgan fingerprint density at radius 1 is 1.39 bits per heavy atom. The molecule has 126 valence electrons. The lowest BCUT2D eigenvalue weighted by molar-refractivity contribution is 0.0269. The van der Waals surface area contributed by atoms with E-state index in [1.807, 2.05) is 20.8 Å². The monoisotopic (exact) mass is 384 g/mol. The fraction of sp³-hybridized carbons (Fsp3) is 0.588. The molecule has 1 N–H and O–H groups in total. The zero-order valence-electron chi connectivity index (χ0n) is 13.6. The quantitative estimate of drug-likeness (QED) is 0.866. The Balaban J connectivity index is 1.45. The van der Waals surface area contributed by atoms with Crippen LogP contribution in [0, 0.1) is 17.7 Å². The largest absolute Gasteiger partial charge is 0.444 e. The van der Waals surface area contributed by atoms with E-state index >= 15 is 0 Å². The molecule has 0 radical (unpaired) electrons. The lowest BCUT2D eigenvalue weighted by Gasteiger charge is -2.26.